The third-order valence-corrected chi connectivity index (χ3v) is 6.12. The van der Waals surface area contributed by atoms with Crippen LogP contribution in [-0.4, -0.2) is 21.9 Å². The molecule has 0 radical (unpaired) electrons. The Hall–Kier alpha value is -0.820. The van der Waals surface area contributed by atoms with Crippen molar-refractivity contribution in [2.75, 3.05) is 11.1 Å². The molecule has 1 saturated carbocycles. The number of hydrogen-bond donors (Lipinski definition) is 1. The van der Waals surface area contributed by atoms with E-state index in [0.29, 0.717) is 15.2 Å². The molecule has 1 N–H and O–H groups in total. The van der Waals surface area contributed by atoms with E-state index in [0.717, 1.165) is 28.5 Å². The number of nitrogens with one attached hydrogen (secondary N) is 1. The molecule has 1 fully saturated rings. The highest BCUT2D eigenvalue weighted by Gasteiger charge is 2.44. The number of thioether (sulfide) groups is 1. The zero-order valence-corrected chi connectivity index (χ0v) is 15.5. The predicted molar refractivity (Wildman–Crippen MR) is 96.9 cm³/mol. The number of benzene rings is 1. The number of halogens is 2. The van der Waals surface area contributed by atoms with Gasteiger partial charge in [-0.15, -0.1) is 10.2 Å². The Morgan fingerprint density at radius 2 is 2.09 bits per heavy atom. The molecule has 4 nitrogen and oxygen atoms in total. The first kappa shape index (κ1) is 17.0. The van der Waals surface area contributed by atoms with E-state index in [4.69, 9.17) is 23.2 Å². The van der Waals surface area contributed by atoms with Crippen molar-refractivity contribution in [1.29, 1.82) is 0 Å². The summed E-state index contributed by atoms with van der Waals surface area (Å²) in [6.07, 6.45) is 1.89. The number of rotatable bonds is 6. The minimum absolute atomic E-state index is 0.0192. The van der Waals surface area contributed by atoms with E-state index in [1.807, 2.05) is 12.1 Å². The van der Waals surface area contributed by atoms with Gasteiger partial charge in [0.15, 0.2) is 4.34 Å². The average Bonchev–Trinajstić information content (AvgIpc) is 3.19. The second-order valence-corrected chi connectivity index (χ2v) is 8.55. The van der Waals surface area contributed by atoms with Gasteiger partial charge in [-0.3, -0.25) is 4.79 Å². The summed E-state index contributed by atoms with van der Waals surface area (Å²) in [5, 5.41) is 12.7. The first-order chi connectivity index (χ1) is 11.1. The second-order valence-electron chi connectivity index (χ2n) is 5.36. The van der Waals surface area contributed by atoms with Crippen LogP contribution in [0.1, 0.15) is 31.2 Å². The molecule has 3 rings (SSSR count). The van der Waals surface area contributed by atoms with Gasteiger partial charge in [0.2, 0.25) is 11.0 Å². The van der Waals surface area contributed by atoms with Gasteiger partial charge in [-0.05, 0) is 42.5 Å². The van der Waals surface area contributed by atoms with Crippen LogP contribution in [0.2, 0.25) is 10.0 Å². The van der Waals surface area contributed by atoms with Crippen LogP contribution in [0.4, 0.5) is 5.13 Å². The largest absolute Gasteiger partial charge is 0.300 e. The molecule has 0 bridgehead atoms. The Kier molecular flexibility index (Phi) is 5.46. The summed E-state index contributed by atoms with van der Waals surface area (Å²) >= 11 is 15.1. The van der Waals surface area contributed by atoms with Crippen molar-refractivity contribution in [2.24, 2.45) is 5.92 Å². The van der Waals surface area contributed by atoms with Crippen LogP contribution in [0.25, 0.3) is 0 Å². The van der Waals surface area contributed by atoms with Crippen molar-refractivity contribution in [2.45, 2.75) is 30.0 Å². The van der Waals surface area contributed by atoms with Crippen molar-refractivity contribution in [3.63, 3.8) is 0 Å². The first-order valence-corrected chi connectivity index (χ1v) is 9.85. The molecule has 1 amide bonds. The standard InChI is InChI=1S/C15H15Cl2N3OS2/c1-2-3-22-15-20-19-14(23-15)18-13(21)12-7-11(12)8-4-9(16)6-10(17)5-8/h4-6,11-12H,2-3,7H2,1H3,(H,18,19,21). The van der Waals surface area contributed by atoms with Gasteiger partial charge in [0.1, 0.15) is 0 Å². The van der Waals surface area contributed by atoms with Crippen LogP contribution < -0.4 is 5.32 Å². The number of carbonyl (C=O) groups excluding carboxylic acids is 1. The van der Waals surface area contributed by atoms with Gasteiger partial charge in [0.25, 0.3) is 0 Å². The molecule has 0 saturated heterocycles. The third kappa shape index (κ3) is 4.38. The molecule has 122 valence electrons. The summed E-state index contributed by atoms with van der Waals surface area (Å²) in [6, 6.07) is 5.44. The number of amides is 1. The molecule has 8 heteroatoms. The Morgan fingerprint density at radius 1 is 1.35 bits per heavy atom. The van der Waals surface area contributed by atoms with E-state index in [1.165, 1.54) is 11.3 Å². The van der Waals surface area contributed by atoms with Gasteiger partial charge < -0.3 is 5.32 Å². The van der Waals surface area contributed by atoms with E-state index >= 15 is 0 Å². The number of hydrogen-bond acceptors (Lipinski definition) is 5. The summed E-state index contributed by atoms with van der Waals surface area (Å²) in [7, 11) is 0. The highest BCUT2D eigenvalue weighted by molar-refractivity contribution is 8.01. The van der Waals surface area contributed by atoms with Gasteiger partial charge in [-0.1, -0.05) is 53.2 Å². The third-order valence-electron chi connectivity index (χ3n) is 3.51. The molecule has 1 aromatic heterocycles. The van der Waals surface area contributed by atoms with Crippen LogP contribution in [0.15, 0.2) is 22.5 Å². The van der Waals surface area contributed by atoms with Crippen LogP contribution in [0.3, 0.4) is 0 Å². The quantitative estimate of drug-likeness (QED) is 0.553. The van der Waals surface area contributed by atoms with Crippen LogP contribution in [0, 0.1) is 5.92 Å². The monoisotopic (exact) mass is 387 g/mol. The summed E-state index contributed by atoms with van der Waals surface area (Å²) in [5.41, 5.74) is 1.01. The van der Waals surface area contributed by atoms with Gasteiger partial charge in [0, 0.05) is 21.7 Å². The lowest BCUT2D eigenvalue weighted by Crippen LogP contribution is -2.14. The lowest BCUT2D eigenvalue weighted by atomic mass is 10.1. The zero-order chi connectivity index (χ0) is 16.4. The molecular formula is C15H15Cl2N3OS2. The molecule has 2 aromatic rings. The maximum absolute atomic E-state index is 12.3. The predicted octanol–water partition coefficient (Wildman–Crippen LogP) is 5.09. The molecule has 1 aliphatic carbocycles. The van der Waals surface area contributed by atoms with E-state index in [1.54, 1.807) is 17.8 Å². The van der Waals surface area contributed by atoms with Crippen LogP contribution >= 0.6 is 46.3 Å². The maximum atomic E-state index is 12.3. The highest BCUT2D eigenvalue weighted by Crippen LogP contribution is 2.49. The molecule has 0 aliphatic heterocycles. The lowest BCUT2D eigenvalue weighted by molar-refractivity contribution is -0.117. The van der Waals surface area contributed by atoms with Crippen LogP contribution in [-0.2, 0) is 4.79 Å². The fourth-order valence-corrected chi connectivity index (χ4v) is 4.57. The molecule has 2 unspecified atom stereocenters. The van der Waals surface area contributed by atoms with Gasteiger partial charge in [0.05, 0.1) is 0 Å². The number of anilines is 1. The highest BCUT2D eigenvalue weighted by atomic mass is 35.5. The molecular weight excluding hydrogens is 373 g/mol. The minimum Gasteiger partial charge on any atom is -0.300 e. The van der Waals surface area contributed by atoms with E-state index in [2.05, 4.69) is 22.4 Å². The van der Waals surface area contributed by atoms with Crippen molar-refractivity contribution in [3.8, 4) is 0 Å². The molecule has 1 aromatic carbocycles. The number of carbonyl (C=O) groups is 1. The van der Waals surface area contributed by atoms with Crippen molar-refractivity contribution in [1.82, 2.24) is 10.2 Å². The SMILES string of the molecule is CCCSc1nnc(NC(=O)C2CC2c2cc(Cl)cc(Cl)c2)s1. The summed E-state index contributed by atoms with van der Waals surface area (Å²) in [4.78, 5) is 12.3. The van der Waals surface area contributed by atoms with Crippen molar-refractivity contribution >= 4 is 57.3 Å². The van der Waals surface area contributed by atoms with Gasteiger partial charge in [-0.25, -0.2) is 0 Å². The lowest BCUT2D eigenvalue weighted by Gasteiger charge is -2.03. The van der Waals surface area contributed by atoms with E-state index < -0.39 is 0 Å². The first-order valence-electron chi connectivity index (χ1n) is 7.30. The maximum Gasteiger partial charge on any atom is 0.229 e. The number of nitrogens with zero attached hydrogens (tertiary/aromatic N) is 2. The van der Waals surface area contributed by atoms with Gasteiger partial charge >= 0.3 is 0 Å². The summed E-state index contributed by atoms with van der Waals surface area (Å²) < 4.78 is 0.885. The molecule has 23 heavy (non-hydrogen) atoms. The fourth-order valence-electron chi connectivity index (χ4n) is 2.35. The van der Waals surface area contributed by atoms with E-state index in [9.17, 15) is 4.79 Å². The molecule has 0 spiro atoms. The molecule has 1 aliphatic rings. The Bertz CT molecular complexity index is 702. The molecule has 2 atom stereocenters. The zero-order valence-electron chi connectivity index (χ0n) is 12.4. The Morgan fingerprint density at radius 3 is 2.78 bits per heavy atom. The number of aromatic nitrogens is 2. The average molecular weight is 388 g/mol. The second kappa shape index (κ2) is 7.38. The summed E-state index contributed by atoms with van der Waals surface area (Å²) in [6.45, 7) is 2.12. The molecule has 1 heterocycles. The van der Waals surface area contributed by atoms with Crippen molar-refractivity contribution in [3.05, 3.63) is 33.8 Å². The minimum atomic E-state index is -0.0554. The smallest absolute Gasteiger partial charge is 0.229 e. The normalized spacial score (nSPS) is 19.6. The van der Waals surface area contributed by atoms with Crippen LogP contribution in [0.5, 0.6) is 0 Å². The van der Waals surface area contributed by atoms with E-state index in [-0.39, 0.29) is 17.7 Å². The fraction of sp³-hybridized carbons (Fsp3) is 0.400. The Balaban J connectivity index is 1.58. The topological polar surface area (TPSA) is 54.9 Å². The Labute approximate surface area is 153 Å². The van der Waals surface area contributed by atoms with Gasteiger partial charge in [-0.2, -0.15) is 0 Å². The van der Waals surface area contributed by atoms with Crippen molar-refractivity contribution < 1.29 is 4.79 Å². The summed E-state index contributed by atoms with van der Waals surface area (Å²) in [5.74, 6) is 1.10.